The van der Waals surface area contributed by atoms with Gasteiger partial charge < -0.3 is 15.4 Å². The molecule has 0 saturated heterocycles. The molecule has 2 N–H and O–H groups in total. The first kappa shape index (κ1) is 15.6. The Morgan fingerprint density at radius 3 is 3.00 bits per heavy atom. The lowest BCUT2D eigenvalue weighted by molar-refractivity contribution is -0.124. The first-order valence-electron chi connectivity index (χ1n) is 6.57. The molecule has 0 bridgehead atoms. The van der Waals surface area contributed by atoms with Crippen molar-refractivity contribution >= 4 is 5.91 Å². The van der Waals surface area contributed by atoms with Crippen LogP contribution in [0.1, 0.15) is 32.0 Å². The van der Waals surface area contributed by atoms with Crippen molar-refractivity contribution < 1.29 is 9.53 Å². The van der Waals surface area contributed by atoms with Crippen LogP contribution in [0.5, 0.6) is 0 Å². The van der Waals surface area contributed by atoms with Gasteiger partial charge in [-0.3, -0.25) is 4.79 Å². The third-order valence-electron chi connectivity index (χ3n) is 2.67. The average molecular weight is 269 g/mol. The summed E-state index contributed by atoms with van der Waals surface area (Å²) in [4.78, 5) is 11.8. The van der Waals surface area contributed by atoms with Crippen molar-refractivity contribution in [2.75, 3.05) is 26.8 Å². The van der Waals surface area contributed by atoms with Gasteiger partial charge in [0.2, 0.25) is 5.91 Å². The van der Waals surface area contributed by atoms with Crippen LogP contribution in [0.25, 0.3) is 0 Å². The molecule has 1 unspecified atom stereocenters. The molecule has 1 amide bonds. The van der Waals surface area contributed by atoms with Crippen LogP contribution in [-0.4, -0.2) is 47.7 Å². The Morgan fingerprint density at radius 1 is 1.53 bits per heavy atom. The monoisotopic (exact) mass is 269 g/mol. The zero-order valence-electron chi connectivity index (χ0n) is 11.8. The Labute approximate surface area is 113 Å². The topological polar surface area (TPSA) is 81.1 Å². The molecule has 7 nitrogen and oxygen atoms in total. The highest BCUT2D eigenvalue weighted by atomic mass is 16.5. The van der Waals surface area contributed by atoms with Gasteiger partial charge in [0.15, 0.2) is 0 Å². The molecule has 0 aliphatic rings. The fraction of sp³-hybridized carbons (Fsp3) is 0.750. The number of carbonyl (C=O) groups excluding carboxylic acids is 1. The minimum atomic E-state index is -0.371. The quantitative estimate of drug-likeness (QED) is 0.622. The van der Waals surface area contributed by atoms with Crippen LogP contribution in [0.15, 0.2) is 6.20 Å². The number of rotatable bonds is 9. The lowest BCUT2D eigenvalue weighted by Crippen LogP contribution is -2.33. The standard InChI is InChI=1S/C12H23N5O2/c1-4-5-13-8-11-9-17(16-15-11)10(2)12(18)14-6-7-19-3/h9-10,13H,4-8H2,1-3H3,(H,14,18). The highest BCUT2D eigenvalue weighted by Gasteiger charge is 2.15. The van der Waals surface area contributed by atoms with Gasteiger partial charge in [0.25, 0.3) is 0 Å². The fourth-order valence-corrected chi connectivity index (χ4v) is 1.52. The highest BCUT2D eigenvalue weighted by molar-refractivity contribution is 5.79. The molecular weight excluding hydrogens is 246 g/mol. The van der Waals surface area contributed by atoms with Crippen LogP contribution in [0.2, 0.25) is 0 Å². The third-order valence-corrected chi connectivity index (χ3v) is 2.67. The molecule has 0 spiro atoms. The van der Waals surface area contributed by atoms with Gasteiger partial charge in [0.1, 0.15) is 6.04 Å². The molecule has 0 aromatic carbocycles. The van der Waals surface area contributed by atoms with E-state index in [1.807, 2.05) is 0 Å². The molecule has 1 aromatic heterocycles. The number of hydrogen-bond acceptors (Lipinski definition) is 5. The van der Waals surface area contributed by atoms with Crippen molar-refractivity contribution in [1.29, 1.82) is 0 Å². The molecule has 1 atom stereocenters. The van der Waals surface area contributed by atoms with Gasteiger partial charge in [-0.25, -0.2) is 4.68 Å². The number of aromatic nitrogens is 3. The van der Waals surface area contributed by atoms with Crippen molar-refractivity contribution in [2.24, 2.45) is 0 Å². The summed E-state index contributed by atoms with van der Waals surface area (Å²) >= 11 is 0. The van der Waals surface area contributed by atoms with Gasteiger partial charge in [0.05, 0.1) is 18.5 Å². The van der Waals surface area contributed by atoms with Crippen molar-refractivity contribution in [2.45, 2.75) is 32.9 Å². The maximum Gasteiger partial charge on any atom is 0.244 e. The zero-order chi connectivity index (χ0) is 14.1. The number of nitrogens with one attached hydrogen (secondary N) is 2. The number of methoxy groups -OCH3 is 1. The second-order valence-electron chi connectivity index (χ2n) is 4.33. The zero-order valence-corrected chi connectivity index (χ0v) is 11.8. The van der Waals surface area contributed by atoms with Crippen LogP contribution in [0.4, 0.5) is 0 Å². The Bertz CT molecular complexity index is 380. The average Bonchev–Trinajstić information content (AvgIpc) is 2.87. The lowest BCUT2D eigenvalue weighted by atomic mass is 10.3. The predicted molar refractivity (Wildman–Crippen MR) is 71.6 cm³/mol. The molecule has 19 heavy (non-hydrogen) atoms. The van der Waals surface area contributed by atoms with Crippen LogP contribution >= 0.6 is 0 Å². The van der Waals surface area contributed by atoms with Crippen LogP contribution in [0, 0.1) is 0 Å². The minimum absolute atomic E-state index is 0.0879. The Kier molecular flexibility index (Phi) is 7.06. The maximum atomic E-state index is 11.8. The predicted octanol–water partition coefficient (Wildman–Crippen LogP) is 0.101. The summed E-state index contributed by atoms with van der Waals surface area (Å²) in [7, 11) is 1.60. The molecule has 108 valence electrons. The molecule has 0 saturated carbocycles. The van der Waals surface area contributed by atoms with Crippen LogP contribution in [-0.2, 0) is 16.1 Å². The second kappa shape index (κ2) is 8.60. The van der Waals surface area contributed by atoms with E-state index in [0.717, 1.165) is 18.7 Å². The summed E-state index contributed by atoms with van der Waals surface area (Å²) in [6.45, 7) is 6.52. The van der Waals surface area contributed by atoms with Gasteiger partial charge in [-0.05, 0) is 19.9 Å². The summed E-state index contributed by atoms with van der Waals surface area (Å²) < 4.78 is 6.45. The number of carbonyl (C=O) groups is 1. The van der Waals surface area contributed by atoms with Crippen molar-refractivity contribution in [1.82, 2.24) is 25.6 Å². The fourth-order valence-electron chi connectivity index (χ4n) is 1.52. The van der Waals surface area contributed by atoms with Gasteiger partial charge in [-0.15, -0.1) is 5.10 Å². The Hall–Kier alpha value is -1.47. The molecule has 1 aromatic rings. The minimum Gasteiger partial charge on any atom is -0.383 e. The van der Waals surface area contributed by atoms with Crippen molar-refractivity contribution in [3.8, 4) is 0 Å². The summed E-state index contributed by atoms with van der Waals surface area (Å²) in [6.07, 6.45) is 2.87. The van der Waals surface area contributed by atoms with E-state index in [-0.39, 0.29) is 11.9 Å². The smallest absolute Gasteiger partial charge is 0.244 e. The largest absolute Gasteiger partial charge is 0.383 e. The number of hydrogen-bond donors (Lipinski definition) is 2. The van der Waals surface area contributed by atoms with E-state index in [9.17, 15) is 4.79 Å². The molecule has 0 fully saturated rings. The molecule has 1 rings (SSSR count). The van der Waals surface area contributed by atoms with Gasteiger partial charge >= 0.3 is 0 Å². The van der Waals surface area contributed by atoms with Crippen molar-refractivity contribution in [3.05, 3.63) is 11.9 Å². The van der Waals surface area contributed by atoms with Gasteiger partial charge in [-0.1, -0.05) is 12.1 Å². The molecule has 0 radical (unpaired) electrons. The Morgan fingerprint density at radius 2 is 2.32 bits per heavy atom. The molecule has 0 aliphatic heterocycles. The summed E-state index contributed by atoms with van der Waals surface area (Å²) in [6, 6.07) is -0.371. The molecule has 7 heteroatoms. The summed E-state index contributed by atoms with van der Waals surface area (Å²) in [5, 5.41) is 14.0. The maximum absolute atomic E-state index is 11.8. The van der Waals surface area contributed by atoms with E-state index in [1.54, 1.807) is 24.9 Å². The first-order chi connectivity index (χ1) is 9.19. The number of ether oxygens (including phenoxy) is 1. The number of nitrogens with zero attached hydrogens (tertiary/aromatic N) is 3. The van der Waals surface area contributed by atoms with E-state index < -0.39 is 0 Å². The molecular formula is C12H23N5O2. The summed E-state index contributed by atoms with van der Waals surface area (Å²) in [5.74, 6) is -0.0879. The van der Waals surface area contributed by atoms with E-state index in [1.165, 1.54) is 0 Å². The van der Waals surface area contributed by atoms with Gasteiger partial charge in [0, 0.05) is 20.2 Å². The van der Waals surface area contributed by atoms with Gasteiger partial charge in [-0.2, -0.15) is 0 Å². The van der Waals surface area contributed by atoms with Crippen LogP contribution < -0.4 is 10.6 Å². The normalized spacial score (nSPS) is 12.4. The van der Waals surface area contributed by atoms with E-state index in [2.05, 4.69) is 27.9 Å². The van der Waals surface area contributed by atoms with E-state index in [4.69, 9.17) is 4.74 Å². The van der Waals surface area contributed by atoms with E-state index >= 15 is 0 Å². The highest BCUT2D eigenvalue weighted by Crippen LogP contribution is 2.04. The Balaban J connectivity index is 2.43. The SMILES string of the molecule is CCCNCc1cn(C(C)C(=O)NCCOC)nn1. The molecule has 1 heterocycles. The van der Waals surface area contributed by atoms with Crippen molar-refractivity contribution in [3.63, 3.8) is 0 Å². The lowest BCUT2D eigenvalue weighted by Gasteiger charge is -2.11. The van der Waals surface area contributed by atoms with E-state index in [0.29, 0.717) is 19.7 Å². The molecule has 0 aliphatic carbocycles. The van der Waals surface area contributed by atoms with Crippen LogP contribution in [0.3, 0.4) is 0 Å². The second-order valence-corrected chi connectivity index (χ2v) is 4.33. The number of amides is 1. The first-order valence-corrected chi connectivity index (χ1v) is 6.57. The third kappa shape index (κ3) is 5.35. The summed E-state index contributed by atoms with van der Waals surface area (Å²) in [5.41, 5.74) is 0.838.